The Morgan fingerprint density at radius 2 is 1.71 bits per heavy atom. The second-order valence-corrected chi connectivity index (χ2v) is 9.78. The number of carbonyl (C=O) groups is 1. The van der Waals surface area contributed by atoms with Gasteiger partial charge in [0.05, 0.1) is 10.6 Å². The monoisotopic (exact) mass is 474 g/mol. The molecule has 12 heteroatoms. The number of nitrogens with one attached hydrogen (secondary N) is 1. The topological polar surface area (TPSA) is 92.3 Å². The van der Waals surface area contributed by atoms with E-state index >= 15 is 0 Å². The number of anilines is 1. The fourth-order valence-electron chi connectivity index (χ4n) is 3.04. The van der Waals surface area contributed by atoms with Gasteiger partial charge in [-0.3, -0.25) is 4.79 Å². The highest BCUT2D eigenvalue weighted by Gasteiger charge is 2.32. The molecule has 0 bridgehead atoms. The molecule has 1 fully saturated rings. The van der Waals surface area contributed by atoms with E-state index in [0.717, 1.165) is 49.7 Å². The maximum Gasteiger partial charge on any atom is 0.433 e. The normalized spacial score (nSPS) is 16.0. The fourth-order valence-corrected chi connectivity index (χ4v) is 5.18. The summed E-state index contributed by atoms with van der Waals surface area (Å²) in [5.41, 5.74) is -0.697. The van der Waals surface area contributed by atoms with Gasteiger partial charge in [0.2, 0.25) is 15.9 Å². The highest BCUT2D eigenvalue weighted by atomic mass is 32.2. The van der Waals surface area contributed by atoms with E-state index in [4.69, 9.17) is 0 Å². The summed E-state index contributed by atoms with van der Waals surface area (Å²) in [6, 6.07) is 6.57. The lowest BCUT2D eigenvalue weighted by Gasteiger charge is -2.20. The second-order valence-electron chi connectivity index (χ2n) is 6.90. The molecule has 2 aromatic rings. The van der Waals surface area contributed by atoms with Crippen LogP contribution in [0.15, 0.2) is 46.6 Å². The van der Waals surface area contributed by atoms with Gasteiger partial charge in [0.15, 0.2) is 5.16 Å². The van der Waals surface area contributed by atoms with Crippen molar-refractivity contribution in [1.29, 1.82) is 0 Å². The lowest BCUT2D eigenvalue weighted by Crippen LogP contribution is -2.31. The number of nitrogens with zero attached hydrogens (tertiary/aromatic N) is 3. The largest absolute Gasteiger partial charge is 0.433 e. The van der Waals surface area contributed by atoms with Gasteiger partial charge in [-0.15, -0.1) is 0 Å². The summed E-state index contributed by atoms with van der Waals surface area (Å²) in [6.07, 6.45) is 0.0950. The Kier molecular flexibility index (Phi) is 7.55. The Morgan fingerprint density at radius 3 is 2.32 bits per heavy atom. The number of hydrogen-bond acceptors (Lipinski definition) is 6. The van der Waals surface area contributed by atoms with Gasteiger partial charge in [0.25, 0.3) is 0 Å². The van der Waals surface area contributed by atoms with Gasteiger partial charge in [-0.1, -0.05) is 24.6 Å². The van der Waals surface area contributed by atoms with Crippen molar-refractivity contribution in [3.8, 4) is 0 Å². The summed E-state index contributed by atoms with van der Waals surface area (Å²) in [4.78, 5) is 19.4. The van der Waals surface area contributed by atoms with Gasteiger partial charge in [-0.05, 0) is 43.2 Å². The zero-order chi connectivity index (χ0) is 22.5. The third-order valence-corrected chi connectivity index (χ3v) is 7.37. The number of halogens is 3. The fraction of sp³-hybridized carbons (Fsp3) is 0.421. The first-order valence-corrected chi connectivity index (χ1v) is 12.0. The average molecular weight is 475 g/mol. The summed E-state index contributed by atoms with van der Waals surface area (Å²) in [6.45, 7) is 0.991. The number of alkyl halides is 3. The highest BCUT2D eigenvalue weighted by Crippen LogP contribution is 2.28. The van der Waals surface area contributed by atoms with E-state index in [9.17, 15) is 26.4 Å². The molecule has 0 atom stereocenters. The first kappa shape index (κ1) is 23.5. The molecule has 1 saturated heterocycles. The summed E-state index contributed by atoms with van der Waals surface area (Å²) in [5, 5.41) is 2.42. The van der Waals surface area contributed by atoms with Crippen LogP contribution in [0.3, 0.4) is 0 Å². The number of benzene rings is 1. The number of hydrogen-bond donors (Lipinski definition) is 1. The smallest absolute Gasteiger partial charge is 0.325 e. The molecule has 31 heavy (non-hydrogen) atoms. The molecule has 1 aliphatic rings. The Morgan fingerprint density at radius 1 is 1.06 bits per heavy atom. The number of rotatable bonds is 6. The first-order valence-electron chi connectivity index (χ1n) is 9.59. The van der Waals surface area contributed by atoms with Crippen molar-refractivity contribution in [3.63, 3.8) is 0 Å². The zero-order valence-corrected chi connectivity index (χ0v) is 18.1. The van der Waals surface area contributed by atoms with Crippen molar-refractivity contribution in [1.82, 2.24) is 14.3 Å². The lowest BCUT2D eigenvalue weighted by molar-refractivity contribution is -0.141. The standard InChI is InChI=1S/C19H21F3N4O3S2/c20-19(21,22)16-9-10-23-18(25-16)30-13-17(27)24-14-5-7-15(8-6-14)31(28,29)26-11-3-1-2-4-12-26/h5-10H,1-4,11-13H2,(H,24,27). The van der Waals surface area contributed by atoms with Crippen LogP contribution in [0.5, 0.6) is 0 Å². The molecule has 0 spiro atoms. The Bertz CT molecular complexity index is 1010. The second kappa shape index (κ2) is 9.96. The average Bonchev–Trinajstić information content (AvgIpc) is 3.02. The van der Waals surface area contributed by atoms with Crippen LogP contribution < -0.4 is 5.32 Å². The van der Waals surface area contributed by atoms with Crippen LogP contribution in [-0.4, -0.2) is 47.4 Å². The van der Waals surface area contributed by atoms with Crippen LogP contribution in [-0.2, 0) is 21.0 Å². The number of thioether (sulfide) groups is 1. The van der Waals surface area contributed by atoms with Crippen molar-refractivity contribution >= 4 is 33.4 Å². The van der Waals surface area contributed by atoms with Crippen molar-refractivity contribution < 1.29 is 26.4 Å². The van der Waals surface area contributed by atoms with Gasteiger partial charge in [0.1, 0.15) is 5.69 Å². The van der Waals surface area contributed by atoms with Crippen molar-refractivity contribution in [3.05, 3.63) is 42.2 Å². The van der Waals surface area contributed by atoms with Gasteiger partial charge in [0, 0.05) is 25.0 Å². The molecular weight excluding hydrogens is 453 g/mol. The Hall–Kier alpha value is -2.18. The molecule has 7 nitrogen and oxygen atoms in total. The molecule has 1 amide bonds. The predicted molar refractivity (Wildman–Crippen MR) is 110 cm³/mol. The molecule has 0 saturated carbocycles. The van der Waals surface area contributed by atoms with Crippen molar-refractivity contribution in [2.45, 2.75) is 41.9 Å². The number of aromatic nitrogens is 2. The summed E-state index contributed by atoms with van der Waals surface area (Å²) in [7, 11) is -3.58. The summed E-state index contributed by atoms with van der Waals surface area (Å²) < 4.78 is 65.1. The summed E-state index contributed by atoms with van der Waals surface area (Å²) in [5.74, 6) is -0.677. The number of carbonyl (C=O) groups excluding carboxylic acids is 1. The first-order chi connectivity index (χ1) is 14.7. The number of amides is 1. The van der Waals surface area contributed by atoms with E-state index in [0.29, 0.717) is 18.8 Å². The van der Waals surface area contributed by atoms with Crippen LogP contribution in [0.1, 0.15) is 31.4 Å². The summed E-state index contributed by atoms with van der Waals surface area (Å²) >= 11 is 0.769. The zero-order valence-electron chi connectivity index (χ0n) is 16.4. The molecule has 3 rings (SSSR count). The van der Waals surface area contributed by atoms with E-state index in [-0.39, 0.29) is 15.8 Å². The molecule has 1 aliphatic heterocycles. The van der Waals surface area contributed by atoms with Gasteiger partial charge in [-0.2, -0.15) is 17.5 Å². The number of sulfonamides is 1. The van der Waals surface area contributed by atoms with Gasteiger partial charge < -0.3 is 5.32 Å². The molecule has 1 aromatic heterocycles. The van der Waals surface area contributed by atoms with Gasteiger partial charge in [-0.25, -0.2) is 18.4 Å². The highest BCUT2D eigenvalue weighted by molar-refractivity contribution is 7.99. The van der Waals surface area contributed by atoms with Crippen LogP contribution in [0.4, 0.5) is 18.9 Å². The molecule has 0 radical (unpaired) electrons. The predicted octanol–water partition coefficient (Wildman–Crippen LogP) is 3.79. The molecule has 1 N–H and O–H groups in total. The SMILES string of the molecule is O=C(CSc1nccc(C(F)(F)F)n1)Nc1ccc(S(=O)(=O)N2CCCCCC2)cc1. The van der Waals surface area contributed by atoms with Gasteiger partial charge >= 0.3 is 6.18 Å². The molecule has 2 heterocycles. The molecule has 168 valence electrons. The maximum atomic E-state index is 12.8. The minimum Gasteiger partial charge on any atom is -0.325 e. The maximum absolute atomic E-state index is 12.8. The lowest BCUT2D eigenvalue weighted by atomic mass is 10.2. The van der Waals surface area contributed by atoms with Crippen LogP contribution in [0, 0.1) is 0 Å². The Balaban J connectivity index is 1.58. The van der Waals surface area contributed by atoms with E-state index in [2.05, 4.69) is 15.3 Å². The Labute approximate surface area is 182 Å². The quantitative estimate of drug-likeness (QED) is 0.506. The molecule has 1 aromatic carbocycles. The third kappa shape index (κ3) is 6.40. The minimum atomic E-state index is -4.59. The van der Waals surface area contributed by atoms with Crippen LogP contribution in [0.25, 0.3) is 0 Å². The van der Waals surface area contributed by atoms with Crippen molar-refractivity contribution in [2.24, 2.45) is 0 Å². The third-order valence-electron chi connectivity index (χ3n) is 4.60. The molecule has 0 aliphatic carbocycles. The minimum absolute atomic E-state index is 0.152. The molecular formula is C19H21F3N4O3S2. The van der Waals surface area contributed by atoms with E-state index in [1.165, 1.54) is 28.6 Å². The van der Waals surface area contributed by atoms with Crippen LogP contribution in [0.2, 0.25) is 0 Å². The van der Waals surface area contributed by atoms with Crippen LogP contribution >= 0.6 is 11.8 Å². The van der Waals surface area contributed by atoms with E-state index < -0.39 is 27.8 Å². The van der Waals surface area contributed by atoms with E-state index in [1.54, 1.807) is 0 Å². The van der Waals surface area contributed by atoms with E-state index in [1.807, 2.05) is 0 Å². The van der Waals surface area contributed by atoms with Crippen molar-refractivity contribution in [2.75, 3.05) is 24.2 Å². The molecule has 0 unspecified atom stereocenters.